The zero-order valence-electron chi connectivity index (χ0n) is 45.1. The lowest BCUT2D eigenvalue weighted by Crippen LogP contribution is -2.44. The van der Waals surface area contributed by atoms with Crippen LogP contribution in [0, 0.1) is 0 Å². The molecule has 0 bridgehead atoms. The number of hydrogen-bond donors (Lipinski definition) is 13. The standard InChI is InChI=1S/C55H77N13O11/c1-77-45-22-19-35(30-38(45)48(61)69)63-54(75)43(17-6-10-27-58)67-50(71)40-32-37(21-24-47(40)79-3)65-55(76)44(18-7-11-28-59)68-51(72)39-31-36(20-23-46(39)78-2)64-53(74)42(16-5-9-26-57)66-49(70)33-13-12-14-34(29-33)62-52(73)41(60)15-4-8-25-56/h12-14,19-24,29-32,41-44H,4-11,15-18,25-28,56-60H2,1-3H3,(H2,61,69)(H,62,73)(H,63,75)(H,64,74)(H,65,76)(H,66,70)(H,67,71)(H,68,72). The quantitative estimate of drug-likeness (QED) is 0.0299. The van der Waals surface area contributed by atoms with Gasteiger partial charge in [0.2, 0.25) is 23.6 Å². The first kappa shape index (κ1) is 63.4. The Hall–Kier alpha value is -8.16. The van der Waals surface area contributed by atoms with Gasteiger partial charge in [-0.1, -0.05) is 12.5 Å². The van der Waals surface area contributed by atoms with Gasteiger partial charge in [-0.2, -0.15) is 0 Å². The fourth-order valence-corrected chi connectivity index (χ4v) is 8.20. The van der Waals surface area contributed by atoms with Crippen molar-refractivity contribution < 1.29 is 52.6 Å². The van der Waals surface area contributed by atoms with E-state index in [2.05, 4.69) is 37.2 Å². The van der Waals surface area contributed by atoms with E-state index < -0.39 is 71.4 Å². The van der Waals surface area contributed by atoms with Crippen LogP contribution < -0.4 is 85.8 Å². The molecule has 4 unspecified atom stereocenters. The summed E-state index contributed by atoms with van der Waals surface area (Å²) in [5.74, 6) is -4.61. The lowest BCUT2D eigenvalue weighted by Gasteiger charge is -2.21. The Morgan fingerprint density at radius 2 is 0.759 bits per heavy atom. The number of rotatable bonds is 34. The molecule has 4 rings (SSSR count). The normalized spacial score (nSPS) is 12.4. The van der Waals surface area contributed by atoms with E-state index in [1.807, 2.05) is 0 Å². The summed E-state index contributed by atoms with van der Waals surface area (Å²) in [4.78, 5) is 108. The van der Waals surface area contributed by atoms with E-state index >= 15 is 0 Å². The summed E-state index contributed by atoms with van der Waals surface area (Å²) in [5.41, 5.74) is 35.4. The minimum absolute atomic E-state index is 0.0310. The van der Waals surface area contributed by atoms with Gasteiger partial charge in [0.15, 0.2) is 0 Å². The van der Waals surface area contributed by atoms with Crippen LogP contribution in [-0.4, -0.2) is 119 Å². The molecular weight excluding hydrogens is 1020 g/mol. The number of primary amides is 1. The number of nitrogens with one attached hydrogen (secondary N) is 7. The van der Waals surface area contributed by atoms with E-state index in [4.69, 9.17) is 48.6 Å². The molecule has 0 aliphatic rings. The van der Waals surface area contributed by atoms with Crippen molar-refractivity contribution in [2.75, 3.05) is 68.8 Å². The molecule has 0 aliphatic carbocycles. The van der Waals surface area contributed by atoms with Gasteiger partial charge < -0.3 is 85.8 Å². The van der Waals surface area contributed by atoms with Crippen LogP contribution in [0.2, 0.25) is 0 Å². The van der Waals surface area contributed by atoms with Crippen LogP contribution in [0.15, 0.2) is 78.9 Å². The van der Waals surface area contributed by atoms with Gasteiger partial charge in [-0.25, -0.2) is 0 Å². The third kappa shape index (κ3) is 20.0. The summed E-state index contributed by atoms with van der Waals surface area (Å²) in [5, 5.41) is 19.3. The average Bonchev–Trinajstić information content (AvgIpc) is 3.45. The number of carbonyl (C=O) groups is 8. The summed E-state index contributed by atoms with van der Waals surface area (Å²) in [7, 11) is 4.08. The Morgan fingerprint density at radius 1 is 0.418 bits per heavy atom. The highest BCUT2D eigenvalue weighted by molar-refractivity contribution is 6.07. The molecule has 0 aromatic heterocycles. The summed E-state index contributed by atoms with van der Waals surface area (Å²) in [6, 6.07) is 15.2. The lowest BCUT2D eigenvalue weighted by atomic mass is 10.1. The smallest absolute Gasteiger partial charge is 0.255 e. The van der Waals surface area contributed by atoms with Crippen molar-refractivity contribution in [1.29, 1.82) is 0 Å². The Kier molecular flexibility index (Phi) is 26.6. The summed E-state index contributed by atoms with van der Waals surface area (Å²) < 4.78 is 16.2. The van der Waals surface area contributed by atoms with Gasteiger partial charge in [-0.15, -0.1) is 0 Å². The van der Waals surface area contributed by atoms with Gasteiger partial charge in [-0.05, 0) is 170 Å². The van der Waals surface area contributed by atoms with E-state index in [1.165, 1.54) is 88.1 Å². The number of nitrogens with two attached hydrogens (primary N) is 6. The van der Waals surface area contributed by atoms with E-state index in [1.54, 1.807) is 12.1 Å². The van der Waals surface area contributed by atoms with Gasteiger partial charge >= 0.3 is 0 Å². The van der Waals surface area contributed by atoms with Crippen LogP contribution in [0.3, 0.4) is 0 Å². The molecule has 0 saturated carbocycles. The third-order valence-corrected chi connectivity index (χ3v) is 12.6. The maximum Gasteiger partial charge on any atom is 0.255 e. The number of hydrogen-bond acceptors (Lipinski definition) is 16. The van der Waals surface area contributed by atoms with Crippen LogP contribution in [0.1, 0.15) is 118 Å². The summed E-state index contributed by atoms with van der Waals surface area (Å²) >= 11 is 0. The molecule has 4 aromatic rings. The highest BCUT2D eigenvalue weighted by Crippen LogP contribution is 2.27. The predicted molar refractivity (Wildman–Crippen MR) is 302 cm³/mol. The van der Waals surface area contributed by atoms with Gasteiger partial charge in [0.05, 0.1) is 44.1 Å². The van der Waals surface area contributed by atoms with Crippen molar-refractivity contribution in [3.05, 3.63) is 101 Å². The zero-order valence-corrected chi connectivity index (χ0v) is 45.1. The summed E-state index contributed by atoms with van der Waals surface area (Å²) in [6.07, 6.45) is 5.47. The van der Waals surface area contributed by atoms with Crippen LogP contribution in [0.4, 0.5) is 22.7 Å². The molecule has 0 spiro atoms. The van der Waals surface area contributed by atoms with Crippen LogP contribution in [0.5, 0.6) is 17.2 Å². The topological polar surface area (TPSA) is 405 Å². The van der Waals surface area contributed by atoms with Crippen molar-refractivity contribution in [2.24, 2.45) is 34.4 Å². The number of benzene rings is 4. The van der Waals surface area contributed by atoms with Crippen molar-refractivity contribution >= 4 is 70.0 Å². The number of amides is 8. The first-order chi connectivity index (χ1) is 38.0. The average molecular weight is 1100 g/mol. The van der Waals surface area contributed by atoms with Crippen molar-refractivity contribution in [1.82, 2.24) is 16.0 Å². The van der Waals surface area contributed by atoms with Gasteiger partial charge in [0, 0.05) is 28.3 Å². The Morgan fingerprint density at radius 3 is 1.14 bits per heavy atom. The number of methoxy groups -OCH3 is 3. The monoisotopic (exact) mass is 1100 g/mol. The molecule has 0 heterocycles. The van der Waals surface area contributed by atoms with Gasteiger partial charge in [0.1, 0.15) is 35.4 Å². The Balaban J connectivity index is 1.53. The second kappa shape index (κ2) is 33.2. The fraction of sp³-hybridized carbons (Fsp3) is 0.418. The first-order valence-electron chi connectivity index (χ1n) is 26.2. The molecule has 79 heavy (non-hydrogen) atoms. The molecule has 4 atom stereocenters. The molecule has 0 saturated heterocycles. The first-order valence-corrected chi connectivity index (χ1v) is 26.2. The molecule has 24 nitrogen and oxygen atoms in total. The van der Waals surface area contributed by atoms with E-state index in [0.717, 1.165) is 6.42 Å². The molecule has 428 valence electrons. The minimum Gasteiger partial charge on any atom is -0.496 e. The maximum atomic E-state index is 14.2. The van der Waals surface area contributed by atoms with Crippen LogP contribution in [0.25, 0.3) is 0 Å². The summed E-state index contributed by atoms with van der Waals surface area (Å²) in [6.45, 7) is 1.51. The van der Waals surface area contributed by atoms with Crippen LogP contribution in [-0.2, 0) is 19.2 Å². The molecule has 0 aliphatic heterocycles. The van der Waals surface area contributed by atoms with Crippen molar-refractivity contribution in [3.63, 3.8) is 0 Å². The molecule has 24 heteroatoms. The SMILES string of the molecule is COc1ccc(NC(=O)C(CCCCN)NC(=O)c2cc(NC(=O)C(CCCCN)NC(=O)c3cc(NC(=O)C(CCCCN)NC(=O)c4cccc(NC(=O)C(N)CCCCN)c4)ccc3OC)ccc2OC)cc1C(N)=O. The van der Waals surface area contributed by atoms with Gasteiger partial charge in [0.25, 0.3) is 23.6 Å². The number of ether oxygens (including phenoxy) is 3. The van der Waals surface area contributed by atoms with Crippen LogP contribution >= 0.6 is 0 Å². The highest BCUT2D eigenvalue weighted by Gasteiger charge is 2.28. The molecule has 4 aromatic carbocycles. The lowest BCUT2D eigenvalue weighted by molar-refractivity contribution is -0.118. The molecule has 0 fully saturated rings. The Bertz CT molecular complexity index is 2720. The molecule has 0 radical (unpaired) electrons. The van der Waals surface area contributed by atoms with Crippen molar-refractivity contribution in [2.45, 2.75) is 101 Å². The largest absolute Gasteiger partial charge is 0.496 e. The number of unbranched alkanes of at least 4 members (excludes halogenated alkanes) is 4. The van der Waals surface area contributed by atoms with Crippen molar-refractivity contribution in [3.8, 4) is 17.2 Å². The zero-order chi connectivity index (χ0) is 57.9. The number of anilines is 4. The van der Waals surface area contributed by atoms with E-state index in [0.29, 0.717) is 83.2 Å². The third-order valence-electron chi connectivity index (χ3n) is 12.6. The van der Waals surface area contributed by atoms with Gasteiger partial charge in [-0.3, -0.25) is 38.4 Å². The maximum absolute atomic E-state index is 14.2. The minimum atomic E-state index is -1.16. The molecule has 19 N–H and O–H groups in total. The predicted octanol–water partition coefficient (Wildman–Crippen LogP) is 2.80. The second-order valence-corrected chi connectivity index (χ2v) is 18.5. The van der Waals surface area contributed by atoms with E-state index in [-0.39, 0.29) is 75.8 Å². The second-order valence-electron chi connectivity index (χ2n) is 18.5. The highest BCUT2D eigenvalue weighted by atomic mass is 16.5. The Labute approximate surface area is 459 Å². The fourth-order valence-electron chi connectivity index (χ4n) is 8.20. The molecule has 8 amide bonds. The molecular formula is C55H77N13O11. The van der Waals surface area contributed by atoms with E-state index in [9.17, 15) is 38.4 Å². The number of carbonyl (C=O) groups excluding carboxylic acids is 8.